The number of hydrogen-bond donors (Lipinski definition) is 1. The molecule has 5 nitrogen and oxygen atoms in total. The van der Waals surface area contributed by atoms with E-state index in [2.05, 4.69) is 10.1 Å². The second-order valence-electron chi connectivity index (χ2n) is 2.71. The van der Waals surface area contributed by atoms with Crippen molar-refractivity contribution in [2.75, 3.05) is 32.2 Å². The maximum atomic E-state index is 10.7. The van der Waals surface area contributed by atoms with Crippen molar-refractivity contribution in [2.45, 2.75) is 6.42 Å². The molecule has 0 radical (unpaired) electrons. The van der Waals surface area contributed by atoms with E-state index in [1.165, 1.54) is 13.4 Å². The van der Waals surface area contributed by atoms with Gasteiger partial charge < -0.3 is 10.1 Å². The van der Waals surface area contributed by atoms with Crippen LogP contribution in [0.15, 0.2) is 0 Å². The van der Waals surface area contributed by atoms with Crippen molar-refractivity contribution in [2.24, 2.45) is 0 Å². The third kappa shape index (κ3) is 9.29. The third-order valence-corrected chi connectivity index (χ3v) is 2.33. The van der Waals surface area contributed by atoms with Crippen LogP contribution < -0.4 is 5.32 Å². The number of rotatable bonds is 6. The zero-order valence-corrected chi connectivity index (χ0v) is 8.69. The standard InChI is InChI=1S/C7H15NO4S/c1-12-7(9)3-4-8-5-6-13(2,10)11/h8H,3-6H2,1-2H3. The van der Waals surface area contributed by atoms with Gasteiger partial charge in [0.25, 0.3) is 0 Å². The maximum Gasteiger partial charge on any atom is 0.306 e. The van der Waals surface area contributed by atoms with Crippen LogP contribution >= 0.6 is 0 Å². The molecule has 78 valence electrons. The predicted molar refractivity (Wildman–Crippen MR) is 49.2 cm³/mol. The van der Waals surface area contributed by atoms with Crippen LogP contribution in [0.2, 0.25) is 0 Å². The van der Waals surface area contributed by atoms with Crippen molar-refractivity contribution < 1.29 is 17.9 Å². The van der Waals surface area contributed by atoms with E-state index in [1.54, 1.807) is 0 Å². The van der Waals surface area contributed by atoms with Gasteiger partial charge in [0.05, 0.1) is 19.3 Å². The quantitative estimate of drug-likeness (QED) is 0.457. The predicted octanol–water partition coefficient (Wildman–Crippen LogP) is -0.816. The molecule has 13 heavy (non-hydrogen) atoms. The number of esters is 1. The first-order valence-corrected chi connectivity index (χ1v) is 5.97. The van der Waals surface area contributed by atoms with Crippen LogP contribution in [-0.4, -0.2) is 46.6 Å². The van der Waals surface area contributed by atoms with Crippen LogP contribution in [-0.2, 0) is 19.4 Å². The molecule has 0 aliphatic rings. The minimum atomic E-state index is -2.91. The number of hydrogen-bond acceptors (Lipinski definition) is 5. The molecule has 0 spiro atoms. The van der Waals surface area contributed by atoms with Gasteiger partial charge in [0.15, 0.2) is 0 Å². The van der Waals surface area contributed by atoms with Gasteiger partial charge in [-0.2, -0.15) is 0 Å². The zero-order chi connectivity index (χ0) is 10.3. The Hall–Kier alpha value is -0.620. The lowest BCUT2D eigenvalue weighted by Gasteiger charge is -2.02. The lowest BCUT2D eigenvalue weighted by atomic mass is 10.4. The third-order valence-electron chi connectivity index (χ3n) is 1.38. The average Bonchev–Trinajstić information content (AvgIpc) is 2.01. The normalized spacial score (nSPS) is 11.2. The highest BCUT2D eigenvalue weighted by atomic mass is 32.2. The molecular weight excluding hydrogens is 194 g/mol. The first-order valence-electron chi connectivity index (χ1n) is 3.91. The van der Waals surface area contributed by atoms with Crippen LogP contribution in [0, 0.1) is 0 Å². The molecule has 0 bridgehead atoms. The molecule has 1 N–H and O–H groups in total. The summed E-state index contributed by atoms with van der Waals surface area (Å²) in [6.07, 6.45) is 1.44. The van der Waals surface area contributed by atoms with E-state index in [9.17, 15) is 13.2 Å². The molecule has 0 unspecified atom stereocenters. The maximum absolute atomic E-state index is 10.7. The van der Waals surface area contributed by atoms with Crippen molar-refractivity contribution >= 4 is 15.8 Å². The summed E-state index contributed by atoms with van der Waals surface area (Å²) in [5.74, 6) is -0.208. The zero-order valence-electron chi connectivity index (χ0n) is 7.87. The van der Waals surface area contributed by atoms with Crippen LogP contribution in [0.1, 0.15) is 6.42 Å². The minimum absolute atomic E-state index is 0.0914. The van der Waals surface area contributed by atoms with Crippen molar-refractivity contribution in [3.63, 3.8) is 0 Å². The summed E-state index contributed by atoms with van der Waals surface area (Å²) in [5.41, 5.74) is 0. The highest BCUT2D eigenvalue weighted by Crippen LogP contribution is 1.82. The Labute approximate surface area is 78.4 Å². The Morgan fingerprint density at radius 3 is 2.46 bits per heavy atom. The topological polar surface area (TPSA) is 72.5 Å². The number of ether oxygens (including phenoxy) is 1. The lowest BCUT2D eigenvalue weighted by Crippen LogP contribution is -2.25. The number of carbonyl (C=O) groups is 1. The molecule has 0 fully saturated rings. The fourth-order valence-electron chi connectivity index (χ4n) is 0.675. The summed E-state index contributed by atoms with van der Waals surface area (Å²) in [6.45, 7) is 0.817. The number of methoxy groups -OCH3 is 1. The van der Waals surface area contributed by atoms with Crippen LogP contribution in [0.3, 0.4) is 0 Å². The molecule has 0 aromatic rings. The Morgan fingerprint density at radius 1 is 1.38 bits per heavy atom. The van der Waals surface area contributed by atoms with Gasteiger partial charge in [-0.3, -0.25) is 4.79 Å². The summed E-state index contributed by atoms with van der Waals surface area (Å²) in [6, 6.07) is 0. The van der Waals surface area contributed by atoms with Crippen molar-refractivity contribution in [1.82, 2.24) is 5.32 Å². The Kier molecular flexibility index (Phi) is 5.65. The Morgan fingerprint density at radius 2 is 2.00 bits per heavy atom. The molecule has 0 saturated carbocycles. The Balaban J connectivity index is 3.33. The molecule has 0 heterocycles. The van der Waals surface area contributed by atoms with Gasteiger partial charge in [-0.25, -0.2) is 8.42 Å². The van der Waals surface area contributed by atoms with Crippen LogP contribution in [0.4, 0.5) is 0 Å². The number of nitrogens with one attached hydrogen (secondary N) is 1. The van der Waals surface area contributed by atoms with Gasteiger partial charge in [0.1, 0.15) is 9.84 Å². The van der Waals surface area contributed by atoms with E-state index in [1.807, 2.05) is 0 Å². The van der Waals surface area contributed by atoms with E-state index < -0.39 is 9.84 Å². The molecule has 0 amide bonds. The van der Waals surface area contributed by atoms with Gasteiger partial charge >= 0.3 is 5.97 Å². The van der Waals surface area contributed by atoms with Gasteiger partial charge in [-0.05, 0) is 0 Å². The smallest absolute Gasteiger partial charge is 0.306 e. The molecule has 0 aliphatic carbocycles. The van der Waals surface area contributed by atoms with Crippen molar-refractivity contribution in [3.05, 3.63) is 0 Å². The van der Waals surface area contributed by atoms with Gasteiger partial charge in [-0.15, -0.1) is 0 Å². The molecule has 0 aliphatic heterocycles. The SMILES string of the molecule is COC(=O)CCNCCS(C)(=O)=O. The minimum Gasteiger partial charge on any atom is -0.469 e. The molecule has 0 aromatic carbocycles. The second-order valence-corrected chi connectivity index (χ2v) is 4.97. The Bertz CT molecular complexity index is 247. The molecule has 0 aromatic heterocycles. The fourth-order valence-corrected chi connectivity index (χ4v) is 1.19. The van der Waals surface area contributed by atoms with Crippen LogP contribution in [0.5, 0.6) is 0 Å². The molecule has 0 atom stereocenters. The van der Waals surface area contributed by atoms with E-state index in [0.29, 0.717) is 13.1 Å². The molecule has 0 rings (SSSR count). The van der Waals surface area contributed by atoms with E-state index in [0.717, 1.165) is 0 Å². The second kappa shape index (κ2) is 5.93. The largest absolute Gasteiger partial charge is 0.469 e. The van der Waals surface area contributed by atoms with Gasteiger partial charge in [-0.1, -0.05) is 0 Å². The van der Waals surface area contributed by atoms with Gasteiger partial charge in [0, 0.05) is 19.3 Å². The summed E-state index contributed by atoms with van der Waals surface area (Å²) in [5, 5.41) is 2.83. The molecule has 0 saturated heterocycles. The highest BCUT2D eigenvalue weighted by molar-refractivity contribution is 7.90. The lowest BCUT2D eigenvalue weighted by molar-refractivity contribution is -0.140. The fraction of sp³-hybridized carbons (Fsp3) is 0.857. The summed E-state index contributed by atoms with van der Waals surface area (Å²) >= 11 is 0. The van der Waals surface area contributed by atoms with Crippen LogP contribution in [0.25, 0.3) is 0 Å². The molecule has 6 heteroatoms. The summed E-state index contributed by atoms with van der Waals surface area (Å²) in [4.78, 5) is 10.6. The summed E-state index contributed by atoms with van der Waals surface area (Å²) in [7, 11) is -1.59. The highest BCUT2D eigenvalue weighted by Gasteiger charge is 2.02. The number of sulfone groups is 1. The summed E-state index contributed by atoms with van der Waals surface area (Å²) < 4.78 is 25.7. The first-order chi connectivity index (χ1) is 5.95. The monoisotopic (exact) mass is 209 g/mol. The van der Waals surface area contributed by atoms with Crippen molar-refractivity contribution in [3.8, 4) is 0 Å². The van der Waals surface area contributed by atoms with Crippen molar-refractivity contribution in [1.29, 1.82) is 0 Å². The first kappa shape index (κ1) is 12.4. The van der Waals surface area contributed by atoms with Gasteiger partial charge in [0.2, 0.25) is 0 Å². The number of carbonyl (C=O) groups excluding carboxylic acids is 1. The van der Waals surface area contributed by atoms with E-state index in [-0.39, 0.29) is 18.1 Å². The average molecular weight is 209 g/mol. The van der Waals surface area contributed by atoms with E-state index >= 15 is 0 Å². The molecular formula is C7H15NO4S. The van der Waals surface area contributed by atoms with E-state index in [4.69, 9.17) is 0 Å².